The van der Waals surface area contributed by atoms with Gasteiger partial charge in [0.1, 0.15) is 17.7 Å². The fraction of sp³-hybridized carbons (Fsp3) is 0.375. The largest absolute Gasteiger partial charge is 0.453 e. The number of likely N-dealkylation sites (tertiary alicyclic amines) is 2. The lowest BCUT2D eigenvalue weighted by Gasteiger charge is -2.30. The minimum absolute atomic E-state index is 0.0545. The van der Waals surface area contributed by atoms with E-state index in [2.05, 4.69) is 30.4 Å². The first-order chi connectivity index (χ1) is 27.6. The van der Waals surface area contributed by atoms with Gasteiger partial charge in [0, 0.05) is 32.6 Å². The molecule has 7 rings (SSSR count). The van der Waals surface area contributed by atoms with Crippen LogP contribution in [0.25, 0.3) is 33.6 Å². The van der Waals surface area contributed by atoms with E-state index in [4.69, 9.17) is 19.9 Å². The normalized spacial score (nSPS) is 18.2. The second-order valence-corrected chi connectivity index (χ2v) is 14.1. The molecule has 0 radical (unpaired) electrons. The lowest BCUT2D eigenvalue weighted by Crippen LogP contribution is -2.54. The molecule has 2 aliphatic heterocycles. The van der Waals surface area contributed by atoms with Gasteiger partial charge in [-0.05, 0) is 60.9 Å². The minimum atomic E-state index is -1.11. The fourth-order valence-electron chi connectivity index (χ4n) is 7.57. The van der Waals surface area contributed by atoms with Gasteiger partial charge in [-0.3, -0.25) is 14.3 Å². The summed E-state index contributed by atoms with van der Waals surface area (Å²) in [5.41, 5.74) is 10.9. The number of benzene rings is 2. The summed E-state index contributed by atoms with van der Waals surface area (Å²) in [6.45, 7) is 2.82. The van der Waals surface area contributed by atoms with Crippen LogP contribution >= 0.6 is 0 Å². The van der Waals surface area contributed by atoms with E-state index in [1.54, 1.807) is 47.6 Å². The molecule has 0 aliphatic carbocycles. The predicted octanol–water partition coefficient (Wildman–Crippen LogP) is 4.58. The molecule has 17 heteroatoms. The quantitative estimate of drug-likeness (QED) is 0.131. The Hall–Kier alpha value is -6.49. The zero-order chi connectivity index (χ0) is 40.1. The van der Waals surface area contributed by atoms with Crippen molar-refractivity contribution in [2.24, 2.45) is 5.73 Å². The van der Waals surface area contributed by atoms with E-state index < -0.39 is 30.4 Å². The Morgan fingerprint density at radius 3 is 1.82 bits per heavy atom. The van der Waals surface area contributed by atoms with Crippen LogP contribution in [0.4, 0.5) is 9.59 Å². The first-order valence-corrected chi connectivity index (χ1v) is 18.9. The maximum atomic E-state index is 13.6. The van der Waals surface area contributed by atoms with E-state index in [-0.39, 0.29) is 30.4 Å². The van der Waals surface area contributed by atoms with Crippen LogP contribution in [0.1, 0.15) is 56.3 Å². The number of aromatic nitrogens is 6. The number of aromatic amines is 2. The Kier molecular flexibility index (Phi) is 11.6. The molecule has 57 heavy (non-hydrogen) atoms. The summed E-state index contributed by atoms with van der Waals surface area (Å²) in [5, 5.41) is 6.75. The van der Waals surface area contributed by atoms with Crippen molar-refractivity contribution in [3.8, 4) is 33.6 Å². The second kappa shape index (κ2) is 17.1. The lowest BCUT2D eigenvalue weighted by atomic mass is 10.0. The van der Waals surface area contributed by atoms with E-state index in [1.165, 1.54) is 18.9 Å². The number of methoxy groups -OCH3 is 2. The minimum Gasteiger partial charge on any atom is -0.453 e. The molecule has 17 nitrogen and oxygen atoms in total. The third-order valence-corrected chi connectivity index (χ3v) is 10.6. The molecule has 0 unspecified atom stereocenters. The third kappa shape index (κ3) is 8.52. The summed E-state index contributed by atoms with van der Waals surface area (Å²) in [6, 6.07) is 16.5. The number of carbonyl (C=O) groups is 4. The molecule has 0 spiro atoms. The van der Waals surface area contributed by atoms with E-state index in [0.717, 1.165) is 52.9 Å². The van der Waals surface area contributed by atoms with Gasteiger partial charge in [-0.15, -0.1) is 0 Å². The fourth-order valence-corrected chi connectivity index (χ4v) is 7.57. The number of hydrogen-bond acceptors (Lipinski definition) is 10. The Morgan fingerprint density at radius 1 is 0.825 bits per heavy atom. The average molecular weight is 779 g/mol. The first-order valence-electron chi connectivity index (χ1n) is 18.9. The summed E-state index contributed by atoms with van der Waals surface area (Å²) in [7, 11) is 2.75. The number of carbonyl (C=O) groups excluding carboxylic acids is 4. The molecule has 2 saturated heterocycles. The van der Waals surface area contributed by atoms with Crippen molar-refractivity contribution in [1.29, 1.82) is 0 Å². The molecule has 5 atom stereocenters. The van der Waals surface area contributed by atoms with Crippen LogP contribution in [-0.4, -0.2) is 109 Å². The summed E-state index contributed by atoms with van der Waals surface area (Å²) >= 11 is 0. The summed E-state index contributed by atoms with van der Waals surface area (Å²) in [6.07, 6.45) is 6.45. The SMILES string of the molecule is COC(=O)N[C@H](C(=O)N1CCC[C@H]1c1ncc(-c2ccc(-c3ccc(-c4cnc([C@@H]5CCCN5C(=O)[C@H](Cn5cccn5)OC(N)=O)[nH]4)cc3)cc2)[nH]1)[C@@H](C)OC. The zero-order valence-electron chi connectivity index (χ0n) is 32.0. The second-order valence-electron chi connectivity index (χ2n) is 14.1. The molecular weight excluding hydrogens is 733 g/mol. The monoisotopic (exact) mass is 778 g/mol. The Morgan fingerprint density at radius 2 is 1.35 bits per heavy atom. The van der Waals surface area contributed by atoms with Gasteiger partial charge in [0.25, 0.3) is 5.91 Å². The number of nitrogens with zero attached hydrogens (tertiary/aromatic N) is 6. The number of rotatable bonds is 13. The van der Waals surface area contributed by atoms with E-state index >= 15 is 0 Å². The van der Waals surface area contributed by atoms with E-state index in [1.807, 2.05) is 48.5 Å². The molecular formula is C40H46N10O7. The molecule has 5 aromatic rings. The van der Waals surface area contributed by atoms with Crippen molar-refractivity contribution >= 4 is 24.0 Å². The van der Waals surface area contributed by atoms with Crippen molar-refractivity contribution in [2.45, 2.75) is 69.5 Å². The number of ether oxygens (including phenoxy) is 3. The van der Waals surface area contributed by atoms with Crippen molar-refractivity contribution in [3.63, 3.8) is 0 Å². The average Bonchev–Trinajstić information content (AvgIpc) is 4.08. The van der Waals surface area contributed by atoms with E-state index in [9.17, 15) is 19.2 Å². The van der Waals surface area contributed by atoms with Gasteiger partial charge in [0.05, 0.1) is 55.6 Å². The maximum absolute atomic E-state index is 13.6. The summed E-state index contributed by atoms with van der Waals surface area (Å²) in [4.78, 5) is 70.4. The highest BCUT2D eigenvalue weighted by atomic mass is 16.6. The molecule has 4 amide bonds. The van der Waals surface area contributed by atoms with Crippen LogP contribution in [0.15, 0.2) is 79.4 Å². The van der Waals surface area contributed by atoms with Crippen molar-refractivity contribution in [1.82, 2.24) is 44.8 Å². The smallest absolute Gasteiger partial charge is 0.407 e. The number of nitrogens with two attached hydrogens (primary N) is 1. The third-order valence-electron chi connectivity index (χ3n) is 10.6. The van der Waals surface area contributed by atoms with Crippen LogP contribution in [0.5, 0.6) is 0 Å². The Labute approximate surface area is 328 Å². The molecule has 2 aliphatic rings. The van der Waals surface area contributed by atoms with Gasteiger partial charge in [-0.25, -0.2) is 19.6 Å². The number of H-pyrrole nitrogens is 2. The number of amides is 4. The van der Waals surface area contributed by atoms with Crippen LogP contribution < -0.4 is 11.1 Å². The molecule has 5 heterocycles. The molecule has 3 aromatic heterocycles. The highest BCUT2D eigenvalue weighted by Gasteiger charge is 2.39. The van der Waals surface area contributed by atoms with Crippen molar-refractivity contribution < 1.29 is 33.4 Å². The topological polar surface area (TPSA) is 216 Å². The lowest BCUT2D eigenvalue weighted by molar-refractivity contribution is -0.142. The highest BCUT2D eigenvalue weighted by Crippen LogP contribution is 2.35. The van der Waals surface area contributed by atoms with Gasteiger partial charge in [0.15, 0.2) is 0 Å². The number of nitrogens with one attached hydrogen (secondary N) is 3. The Balaban J connectivity index is 0.999. The molecule has 2 fully saturated rings. The number of alkyl carbamates (subject to hydrolysis) is 1. The summed E-state index contributed by atoms with van der Waals surface area (Å²) in [5.74, 6) is 0.730. The van der Waals surface area contributed by atoms with E-state index in [0.29, 0.717) is 31.2 Å². The van der Waals surface area contributed by atoms with Crippen molar-refractivity contribution in [2.75, 3.05) is 27.3 Å². The highest BCUT2D eigenvalue weighted by molar-refractivity contribution is 5.87. The van der Waals surface area contributed by atoms with Gasteiger partial charge >= 0.3 is 12.2 Å². The molecule has 2 aromatic carbocycles. The van der Waals surface area contributed by atoms with Crippen LogP contribution in [0, 0.1) is 0 Å². The van der Waals surface area contributed by atoms with Gasteiger partial charge in [-0.2, -0.15) is 5.10 Å². The van der Waals surface area contributed by atoms with Gasteiger partial charge < -0.3 is 45.0 Å². The zero-order valence-corrected chi connectivity index (χ0v) is 32.0. The predicted molar refractivity (Wildman–Crippen MR) is 207 cm³/mol. The Bertz CT molecular complexity index is 2170. The first kappa shape index (κ1) is 38.8. The number of primary amides is 1. The molecule has 0 bridgehead atoms. The molecule has 0 saturated carbocycles. The van der Waals surface area contributed by atoms with Crippen LogP contribution in [0.3, 0.4) is 0 Å². The van der Waals surface area contributed by atoms with Crippen LogP contribution in [0.2, 0.25) is 0 Å². The standard InChI is InChI=1S/C40H46N10O7/c1-24(55-2)34(47-40(54)56-3)38(52)50-20-5-8-32(50)36-43-22-30(46-36)28-15-11-26(12-16-28)25-9-13-27(14-10-25)29-21-42-35(45-29)31-7-4-19-49(31)37(51)33(57-39(41)53)23-48-18-6-17-44-48/h6,9-18,21-22,24,31-34H,4-5,7-8,19-20,23H2,1-3H3,(H2,41,53)(H,42,45)(H,43,46)(H,47,54)/t24-,31+,32+,33+,34+/m1/s1. The summed E-state index contributed by atoms with van der Waals surface area (Å²) < 4.78 is 16.9. The van der Waals surface area contributed by atoms with Crippen molar-refractivity contribution in [3.05, 3.63) is 91.0 Å². The molecule has 5 N–H and O–H groups in total. The molecule has 298 valence electrons. The van der Waals surface area contributed by atoms with Gasteiger partial charge in [0.2, 0.25) is 12.0 Å². The maximum Gasteiger partial charge on any atom is 0.407 e. The number of imidazole rings is 2. The number of hydrogen-bond donors (Lipinski definition) is 4. The van der Waals surface area contributed by atoms with Crippen LogP contribution in [-0.2, 0) is 30.3 Å². The van der Waals surface area contributed by atoms with Gasteiger partial charge in [-0.1, -0.05) is 48.5 Å².